The Hall–Kier alpha value is -1.55. The van der Waals surface area contributed by atoms with Crippen molar-refractivity contribution in [2.45, 2.75) is 19.9 Å². The smallest absolute Gasteiger partial charge is 0.207 e. The zero-order valence-electron chi connectivity index (χ0n) is 9.16. The first-order valence-corrected chi connectivity index (χ1v) is 4.97. The summed E-state index contributed by atoms with van der Waals surface area (Å²) >= 11 is 0. The van der Waals surface area contributed by atoms with Crippen molar-refractivity contribution in [3.8, 4) is 0 Å². The highest BCUT2D eigenvalue weighted by Gasteiger charge is 2.15. The Labute approximate surface area is 89.6 Å². The van der Waals surface area contributed by atoms with Gasteiger partial charge >= 0.3 is 0 Å². The third kappa shape index (κ3) is 2.70. The monoisotopic (exact) mass is 208 g/mol. The number of anilines is 1. The van der Waals surface area contributed by atoms with Crippen LogP contribution in [0.25, 0.3) is 0 Å². The van der Waals surface area contributed by atoms with E-state index in [4.69, 9.17) is 5.73 Å². The number of nitrogen functional groups attached to an aromatic ring is 1. The second-order valence-electron chi connectivity index (χ2n) is 3.96. The van der Waals surface area contributed by atoms with Gasteiger partial charge in [-0.15, -0.1) is 0 Å². The van der Waals surface area contributed by atoms with Crippen LogP contribution in [0.3, 0.4) is 0 Å². The molecule has 0 aliphatic heterocycles. The number of rotatable bonds is 4. The van der Waals surface area contributed by atoms with Crippen LogP contribution in [0, 0.1) is 5.92 Å². The maximum atomic E-state index is 10.5. The highest BCUT2D eigenvalue weighted by atomic mass is 16.1. The Morgan fingerprint density at radius 1 is 1.47 bits per heavy atom. The van der Waals surface area contributed by atoms with E-state index in [-0.39, 0.29) is 6.04 Å². The van der Waals surface area contributed by atoms with Crippen LogP contribution in [0.2, 0.25) is 0 Å². The van der Waals surface area contributed by atoms with Gasteiger partial charge in [0.2, 0.25) is 6.41 Å². The normalized spacial score (nSPS) is 12.5. The minimum absolute atomic E-state index is 0.00500. The van der Waals surface area contributed by atoms with Gasteiger partial charge in [-0.2, -0.15) is 0 Å². The fourth-order valence-corrected chi connectivity index (χ4v) is 1.55. The highest BCUT2D eigenvalue weighted by Crippen LogP contribution is 2.25. The van der Waals surface area contributed by atoms with Crippen LogP contribution < -0.4 is 16.8 Å². The number of quaternary nitrogens is 1. The molecule has 0 aliphatic carbocycles. The van der Waals surface area contributed by atoms with E-state index < -0.39 is 0 Å². The van der Waals surface area contributed by atoms with Gasteiger partial charge in [0.25, 0.3) is 0 Å². The first kappa shape index (κ1) is 11.5. The van der Waals surface area contributed by atoms with Gasteiger partial charge in [-0.1, -0.05) is 19.9 Å². The SMILES string of the molecule is CC(C)C(NC=O)c1ccc([NH3+])c(N)c1. The standard InChI is InChI=1S/C11H17N3O/c1-7(2)11(14-6-15)8-3-4-9(12)10(13)5-8/h3-7,11H,12-13H2,1-2H3,(H,14,15)/p+1. The van der Waals surface area contributed by atoms with Gasteiger partial charge in [0.05, 0.1) is 11.7 Å². The van der Waals surface area contributed by atoms with Gasteiger partial charge in [0.15, 0.2) is 5.69 Å². The quantitative estimate of drug-likeness (QED) is 0.500. The summed E-state index contributed by atoms with van der Waals surface area (Å²) in [5, 5.41) is 2.79. The molecule has 0 heterocycles. The minimum atomic E-state index is 0.00500. The average Bonchev–Trinajstić information content (AvgIpc) is 2.18. The predicted octanol–water partition coefficient (Wildman–Crippen LogP) is 0.585. The number of hydrogen-bond acceptors (Lipinski definition) is 2. The summed E-state index contributed by atoms with van der Waals surface area (Å²) < 4.78 is 0. The molecule has 1 atom stereocenters. The first-order chi connectivity index (χ1) is 7.06. The van der Waals surface area contributed by atoms with Crippen molar-refractivity contribution in [2.24, 2.45) is 5.92 Å². The molecule has 0 saturated heterocycles. The van der Waals surface area contributed by atoms with E-state index in [9.17, 15) is 4.79 Å². The third-order valence-electron chi connectivity index (χ3n) is 2.44. The Balaban J connectivity index is 3.00. The molecule has 6 N–H and O–H groups in total. The van der Waals surface area contributed by atoms with Crippen LogP contribution in [0.1, 0.15) is 25.5 Å². The van der Waals surface area contributed by atoms with Crippen molar-refractivity contribution < 1.29 is 10.5 Å². The van der Waals surface area contributed by atoms with E-state index in [1.807, 2.05) is 18.2 Å². The second kappa shape index (κ2) is 4.79. The number of nitrogens with two attached hydrogens (primary N) is 1. The lowest BCUT2D eigenvalue weighted by molar-refractivity contribution is -0.253. The van der Waals surface area contributed by atoms with Gasteiger partial charge in [-0.25, -0.2) is 0 Å². The largest absolute Gasteiger partial charge is 0.394 e. The fourth-order valence-electron chi connectivity index (χ4n) is 1.55. The zero-order chi connectivity index (χ0) is 11.4. The summed E-state index contributed by atoms with van der Waals surface area (Å²) in [6, 6.07) is 5.68. The van der Waals surface area contributed by atoms with Gasteiger partial charge in [0, 0.05) is 6.07 Å². The molecule has 0 bridgehead atoms. The number of nitrogens with one attached hydrogen (secondary N) is 1. The van der Waals surface area contributed by atoms with E-state index in [0.717, 1.165) is 17.7 Å². The molecular weight excluding hydrogens is 190 g/mol. The zero-order valence-corrected chi connectivity index (χ0v) is 9.16. The summed E-state index contributed by atoms with van der Waals surface area (Å²) in [5.41, 5.74) is 12.1. The first-order valence-electron chi connectivity index (χ1n) is 4.97. The molecule has 1 unspecified atom stereocenters. The lowest BCUT2D eigenvalue weighted by Gasteiger charge is -2.20. The molecule has 1 aromatic carbocycles. The molecular formula is C11H18N3O+. The molecule has 1 rings (SSSR count). The Kier molecular flexibility index (Phi) is 3.68. The van der Waals surface area contributed by atoms with E-state index in [0.29, 0.717) is 11.6 Å². The number of benzene rings is 1. The maximum Gasteiger partial charge on any atom is 0.207 e. The molecule has 0 aromatic heterocycles. The molecule has 0 saturated carbocycles. The van der Waals surface area contributed by atoms with Gasteiger partial charge in [-0.05, 0) is 17.5 Å². The van der Waals surface area contributed by atoms with Crippen LogP contribution in [0.4, 0.5) is 11.4 Å². The highest BCUT2D eigenvalue weighted by molar-refractivity contribution is 5.59. The van der Waals surface area contributed by atoms with E-state index in [1.54, 1.807) is 0 Å². The van der Waals surface area contributed by atoms with Crippen molar-refractivity contribution in [2.75, 3.05) is 5.73 Å². The summed E-state index contributed by atoms with van der Waals surface area (Å²) in [5.74, 6) is 0.324. The Morgan fingerprint density at radius 2 is 2.13 bits per heavy atom. The molecule has 0 aliphatic rings. The lowest BCUT2D eigenvalue weighted by atomic mass is 9.95. The van der Waals surface area contributed by atoms with Crippen LogP contribution in [0.5, 0.6) is 0 Å². The Bertz CT molecular complexity index is 350. The van der Waals surface area contributed by atoms with Gasteiger partial charge in [0.1, 0.15) is 0 Å². The van der Waals surface area contributed by atoms with Gasteiger partial charge < -0.3 is 16.8 Å². The molecule has 1 amide bonds. The molecule has 4 nitrogen and oxygen atoms in total. The number of amides is 1. The molecule has 0 spiro atoms. The molecule has 15 heavy (non-hydrogen) atoms. The number of carbonyl (C=O) groups is 1. The molecule has 0 fully saturated rings. The lowest BCUT2D eigenvalue weighted by Crippen LogP contribution is -2.41. The van der Waals surface area contributed by atoms with Crippen LogP contribution in [0.15, 0.2) is 18.2 Å². The average molecular weight is 208 g/mol. The molecule has 0 radical (unpaired) electrons. The van der Waals surface area contributed by atoms with Gasteiger partial charge in [-0.3, -0.25) is 4.79 Å². The van der Waals surface area contributed by atoms with Crippen molar-refractivity contribution in [1.29, 1.82) is 0 Å². The van der Waals surface area contributed by atoms with Crippen molar-refractivity contribution in [3.63, 3.8) is 0 Å². The second-order valence-corrected chi connectivity index (χ2v) is 3.96. The van der Waals surface area contributed by atoms with Crippen LogP contribution >= 0.6 is 0 Å². The number of carbonyl (C=O) groups excluding carboxylic acids is 1. The van der Waals surface area contributed by atoms with E-state index in [1.165, 1.54) is 0 Å². The van der Waals surface area contributed by atoms with Crippen molar-refractivity contribution in [3.05, 3.63) is 23.8 Å². The van der Waals surface area contributed by atoms with E-state index in [2.05, 4.69) is 24.9 Å². The molecule has 82 valence electrons. The summed E-state index contributed by atoms with van der Waals surface area (Å²) in [6.45, 7) is 4.10. The van der Waals surface area contributed by atoms with Crippen LogP contribution in [-0.2, 0) is 4.79 Å². The fraction of sp³-hybridized carbons (Fsp3) is 0.364. The summed E-state index contributed by atoms with van der Waals surface area (Å²) in [4.78, 5) is 10.5. The maximum absolute atomic E-state index is 10.5. The summed E-state index contributed by atoms with van der Waals surface area (Å²) in [6.07, 6.45) is 0.721. The Morgan fingerprint density at radius 3 is 2.60 bits per heavy atom. The summed E-state index contributed by atoms with van der Waals surface area (Å²) in [7, 11) is 0. The van der Waals surface area contributed by atoms with Crippen molar-refractivity contribution >= 4 is 17.8 Å². The van der Waals surface area contributed by atoms with Crippen molar-refractivity contribution in [1.82, 2.24) is 5.32 Å². The minimum Gasteiger partial charge on any atom is -0.394 e. The van der Waals surface area contributed by atoms with E-state index >= 15 is 0 Å². The predicted molar refractivity (Wildman–Crippen MR) is 60.2 cm³/mol. The van der Waals surface area contributed by atoms with Crippen LogP contribution in [-0.4, -0.2) is 6.41 Å². The molecule has 4 heteroatoms. The topological polar surface area (TPSA) is 82.8 Å². The molecule has 1 aromatic rings. The third-order valence-corrected chi connectivity index (χ3v) is 2.44. The number of hydrogen-bond donors (Lipinski definition) is 3.